The third-order valence-electron chi connectivity index (χ3n) is 4.63. The Hall–Kier alpha value is -1.73. The van der Waals surface area contributed by atoms with E-state index in [-0.39, 0.29) is 41.6 Å². The number of rotatable bonds is 6. The molecule has 1 aromatic rings. The Morgan fingerprint density at radius 2 is 1.92 bits per heavy atom. The lowest BCUT2D eigenvalue weighted by Crippen LogP contribution is -2.43. The second-order valence-electron chi connectivity index (χ2n) is 6.96. The van der Waals surface area contributed by atoms with Gasteiger partial charge in [0.2, 0.25) is 11.8 Å². The van der Waals surface area contributed by atoms with Crippen LogP contribution in [-0.2, 0) is 9.59 Å². The molecule has 5 nitrogen and oxygen atoms in total. The normalized spacial score (nSPS) is 16.9. The highest BCUT2D eigenvalue weighted by Gasteiger charge is 2.28. The van der Waals surface area contributed by atoms with Crippen LogP contribution in [0.15, 0.2) is 18.2 Å². The number of halogens is 3. The van der Waals surface area contributed by atoms with Crippen molar-refractivity contribution in [2.24, 2.45) is 5.41 Å². The van der Waals surface area contributed by atoms with E-state index in [1.807, 2.05) is 0 Å². The lowest BCUT2D eigenvalue weighted by molar-refractivity contribution is -0.123. The first-order valence-corrected chi connectivity index (χ1v) is 8.48. The Morgan fingerprint density at radius 3 is 2.50 bits per heavy atom. The highest BCUT2D eigenvalue weighted by molar-refractivity contribution is 5.85. The minimum Gasteiger partial charge on any atom is -0.355 e. The minimum atomic E-state index is -0.834. The molecule has 0 spiro atoms. The second kappa shape index (κ2) is 9.83. The summed E-state index contributed by atoms with van der Waals surface area (Å²) in [7, 11) is 0. The molecule has 0 bridgehead atoms. The van der Waals surface area contributed by atoms with Crippen molar-refractivity contribution in [3.63, 3.8) is 0 Å². The van der Waals surface area contributed by atoms with Gasteiger partial charge in [-0.05, 0) is 37.4 Å². The van der Waals surface area contributed by atoms with Crippen molar-refractivity contribution < 1.29 is 18.4 Å². The molecule has 1 saturated heterocycles. The number of amides is 2. The molecular formula is C18H26ClF2N3O2. The molecule has 8 heteroatoms. The van der Waals surface area contributed by atoms with E-state index in [1.165, 1.54) is 13.0 Å². The summed E-state index contributed by atoms with van der Waals surface area (Å²) in [5.74, 6) is -2.14. The van der Waals surface area contributed by atoms with Crippen molar-refractivity contribution in [1.82, 2.24) is 16.0 Å². The number of nitrogens with one attached hydrogen (secondary N) is 3. The number of piperidine rings is 1. The summed E-state index contributed by atoms with van der Waals surface area (Å²) in [5.41, 5.74) is 0.130. The molecule has 1 heterocycles. The molecule has 1 fully saturated rings. The van der Waals surface area contributed by atoms with E-state index in [4.69, 9.17) is 0 Å². The fourth-order valence-corrected chi connectivity index (χ4v) is 3.04. The first-order chi connectivity index (χ1) is 11.8. The smallest absolute Gasteiger partial charge is 0.222 e. The van der Waals surface area contributed by atoms with Crippen molar-refractivity contribution in [3.05, 3.63) is 35.4 Å². The van der Waals surface area contributed by atoms with Crippen LogP contribution in [0.4, 0.5) is 8.78 Å². The average Bonchev–Trinajstić information content (AvgIpc) is 2.53. The summed E-state index contributed by atoms with van der Waals surface area (Å²) in [5, 5.41) is 8.73. The molecule has 0 aromatic heterocycles. The monoisotopic (exact) mass is 389 g/mol. The molecule has 3 N–H and O–H groups in total. The van der Waals surface area contributed by atoms with Crippen molar-refractivity contribution in [2.45, 2.75) is 39.2 Å². The zero-order chi connectivity index (χ0) is 18.4. The lowest BCUT2D eigenvalue weighted by Gasteiger charge is -2.34. The van der Waals surface area contributed by atoms with Crippen molar-refractivity contribution >= 4 is 24.2 Å². The lowest BCUT2D eigenvalue weighted by atomic mass is 9.81. The van der Waals surface area contributed by atoms with E-state index in [9.17, 15) is 18.4 Å². The molecule has 0 radical (unpaired) electrons. The fourth-order valence-electron chi connectivity index (χ4n) is 3.04. The summed E-state index contributed by atoms with van der Waals surface area (Å²) < 4.78 is 27.1. The van der Waals surface area contributed by atoms with Gasteiger partial charge in [-0.1, -0.05) is 13.0 Å². The first kappa shape index (κ1) is 22.3. The van der Waals surface area contributed by atoms with Gasteiger partial charge in [0.25, 0.3) is 0 Å². The SMILES string of the molecule is CC(=O)NC(CC(=O)NCC1(C)CCNCC1)c1ccc(F)cc1F.Cl. The van der Waals surface area contributed by atoms with Crippen molar-refractivity contribution in [3.8, 4) is 0 Å². The Balaban J connectivity index is 0.00000338. The van der Waals surface area contributed by atoms with Gasteiger partial charge in [0.1, 0.15) is 11.6 Å². The van der Waals surface area contributed by atoms with Gasteiger partial charge in [-0.3, -0.25) is 9.59 Å². The van der Waals surface area contributed by atoms with Crippen LogP contribution in [0.2, 0.25) is 0 Å². The number of carbonyl (C=O) groups excluding carboxylic acids is 2. The van der Waals surface area contributed by atoms with Gasteiger partial charge in [0, 0.05) is 25.1 Å². The molecule has 0 saturated carbocycles. The summed E-state index contributed by atoms with van der Waals surface area (Å²) >= 11 is 0. The van der Waals surface area contributed by atoms with Crippen LogP contribution in [0.3, 0.4) is 0 Å². The Bertz CT molecular complexity index is 637. The predicted molar refractivity (Wildman–Crippen MR) is 98.0 cm³/mol. The van der Waals surface area contributed by atoms with E-state index < -0.39 is 17.7 Å². The largest absolute Gasteiger partial charge is 0.355 e. The molecule has 146 valence electrons. The summed E-state index contributed by atoms with van der Waals surface area (Å²) in [6, 6.07) is 2.28. The maximum absolute atomic E-state index is 14.0. The fraction of sp³-hybridized carbons (Fsp3) is 0.556. The second-order valence-corrected chi connectivity index (χ2v) is 6.96. The van der Waals surface area contributed by atoms with Gasteiger partial charge in [-0.25, -0.2) is 8.78 Å². The summed E-state index contributed by atoms with van der Waals surface area (Å²) in [4.78, 5) is 23.7. The van der Waals surface area contributed by atoms with E-state index >= 15 is 0 Å². The van der Waals surface area contributed by atoms with Crippen LogP contribution in [0.5, 0.6) is 0 Å². The number of carbonyl (C=O) groups is 2. The molecule has 0 aliphatic carbocycles. The number of hydrogen-bond donors (Lipinski definition) is 3. The predicted octanol–water partition coefficient (Wildman–Crippen LogP) is 2.46. The molecule has 1 aliphatic heterocycles. The van der Waals surface area contributed by atoms with Crippen molar-refractivity contribution in [2.75, 3.05) is 19.6 Å². The van der Waals surface area contributed by atoms with Crippen LogP contribution in [0, 0.1) is 17.0 Å². The first-order valence-electron chi connectivity index (χ1n) is 8.48. The summed E-state index contributed by atoms with van der Waals surface area (Å²) in [6.07, 6.45) is 1.83. The molecule has 26 heavy (non-hydrogen) atoms. The van der Waals surface area contributed by atoms with E-state index in [1.54, 1.807) is 0 Å². The Morgan fingerprint density at radius 1 is 1.27 bits per heavy atom. The third kappa shape index (κ3) is 6.53. The maximum atomic E-state index is 14.0. The van der Waals surface area contributed by atoms with Gasteiger partial charge in [0.15, 0.2) is 0 Å². The molecule has 1 atom stereocenters. The van der Waals surface area contributed by atoms with Crippen LogP contribution in [0.1, 0.15) is 44.7 Å². The van der Waals surface area contributed by atoms with Gasteiger partial charge in [0.05, 0.1) is 12.5 Å². The molecule has 2 amide bonds. The minimum absolute atomic E-state index is 0. The van der Waals surface area contributed by atoms with Gasteiger partial charge >= 0.3 is 0 Å². The standard InChI is InChI=1S/C18H25F2N3O2.ClH/c1-12(24)23-16(14-4-3-13(19)9-15(14)20)10-17(25)22-11-18(2)5-7-21-8-6-18;/h3-4,9,16,21H,5-8,10-11H2,1-2H3,(H,22,25)(H,23,24);1H. The third-order valence-corrected chi connectivity index (χ3v) is 4.63. The zero-order valence-corrected chi connectivity index (χ0v) is 15.8. The topological polar surface area (TPSA) is 70.2 Å². The van der Waals surface area contributed by atoms with E-state index in [0.29, 0.717) is 6.54 Å². The highest BCUT2D eigenvalue weighted by atomic mass is 35.5. The highest BCUT2D eigenvalue weighted by Crippen LogP contribution is 2.27. The molecule has 1 unspecified atom stereocenters. The zero-order valence-electron chi connectivity index (χ0n) is 15.0. The van der Waals surface area contributed by atoms with Crippen LogP contribution in [-0.4, -0.2) is 31.4 Å². The maximum Gasteiger partial charge on any atom is 0.222 e. The van der Waals surface area contributed by atoms with Crippen LogP contribution in [0.25, 0.3) is 0 Å². The van der Waals surface area contributed by atoms with Gasteiger partial charge in [-0.2, -0.15) is 0 Å². The van der Waals surface area contributed by atoms with E-state index in [0.717, 1.165) is 38.1 Å². The molecule has 2 rings (SSSR count). The van der Waals surface area contributed by atoms with Crippen LogP contribution < -0.4 is 16.0 Å². The number of benzene rings is 1. The number of hydrogen-bond acceptors (Lipinski definition) is 3. The average molecular weight is 390 g/mol. The molecule has 1 aromatic carbocycles. The Kier molecular flexibility index (Phi) is 8.43. The van der Waals surface area contributed by atoms with Gasteiger partial charge < -0.3 is 16.0 Å². The van der Waals surface area contributed by atoms with Crippen LogP contribution >= 0.6 is 12.4 Å². The molecular weight excluding hydrogens is 364 g/mol. The quantitative estimate of drug-likeness (QED) is 0.700. The molecule has 1 aliphatic rings. The summed E-state index contributed by atoms with van der Waals surface area (Å²) in [6.45, 7) is 5.79. The van der Waals surface area contributed by atoms with Gasteiger partial charge in [-0.15, -0.1) is 12.4 Å². The Labute approximate surface area is 158 Å². The van der Waals surface area contributed by atoms with E-state index in [2.05, 4.69) is 22.9 Å². The van der Waals surface area contributed by atoms with Crippen molar-refractivity contribution in [1.29, 1.82) is 0 Å².